The van der Waals surface area contributed by atoms with Crippen LogP contribution in [0.1, 0.15) is 18.4 Å². The zero-order valence-electron chi connectivity index (χ0n) is 9.85. The van der Waals surface area contributed by atoms with E-state index in [0.29, 0.717) is 16.7 Å². The van der Waals surface area contributed by atoms with Crippen LogP contribution in [0, 0.1) is 6.92 Å². The molecule has 1 saturated heterocycles. The quantitative estimate of drug-likeness (QED) is 0.913. The first-order valence-electron chi connectivity index (χ1n) is 5.76. The number of nitrogens with one attached hydrogen (secondary N) is 1. The molecule has 1 unspecified atom stereocenters. The van der Waals surface area contributed by atoms with Crippen molar-refractivity contribution in [2.24, 2.45) is 0 Å². The molecule has 5 heteroatoms. The molecule has 1 aliphatic heterocycles. The largest absolute Gasteiger partial charge is 0.240 e. The second-order valence-corrected chi connectivity index (χ2v) is 7.40. The Morgan fingerprint density at radius 3 is 2.82 bits per heavy atom. The molecular weight excluding hydrogens is 254 g/mol. The molecule has 0 aromatic heterocycles. The van der Waals surface area contributed by atoms with Crippen LogP contribution in [0.2, 0.25) is 0 Å². The highest BCUT2D eigenvalue weighted by Gasteiger charge is 2.20. The number of benzene rings is 1. The van der Waals surface area contributed by atoms with E-state index < -0.39 is 10.0 Å². The molecule has 0 aliphatic carbocycles. The predicted molar refractivity (Wildman–Crippen MR) is 71.8 cm³/mol. The van der Waals surface area contributed by atoms with Crippen LogP contribution in [0.15, 0.2) is 29.2 Å². The van der Waals surface area contributed by atoms with Crippen molar-refractivity contribution >= 4 is 21.8 Å². The summed E-state index contributed by atoms with van der Waals surface area (Å²) in [6, 6.07) is 7.07. The fourth-order valence-electron chi connectivity index (χ4n) is 1.94. The normalized spacial score (nSPS) is 20.6. The fraction of sp³-hybridized carbons (Fsp3) is 0.500. The van der Waals surface area contributed by atoms with Gasteiger partial charge in [-0.1, -0.05) is 18.2 Å². The molecule has 17 heavy (non-hydrogen) atoms. The second kappa shape index (κ2) is 5.42. The summed E-state index contributed by atoms with van der Waals surface area (Å²) in [5, 5.41) is 0.439. The molecule has 1 fully saturated rings. The van der Waals surface area contributed by atoms with E-state index in [-0.39, 0.29) is 0 Å². The fourth-order valence-corrected chi connectivity index (χ4v) is 4.58. The Balaban J connectivity index is 2.06. The molecule has 0 bridgehead atoms. The molecule has 0 amide bonds. The highest BCUT2D eigenvalue weighted by atomic mass is 32.2. The van der Waals surface area contributed by atoms with Gasteiger partial charge in [0.25, 0.3) is 0 Å². The van der Waals surface area contributed by atoms with Crippen LogP contribution in [-0.2, 0) is 10.0 Å². The van der Waals surface area contributed by atoms with Crippen LogP contribution in [0.4, 0.5) is 0 Å². The molecule has 94 valence electrons. The molecule has 0 saturated carbocycles. The third kappa shape index (κ3) is 3.24. The molecule has 1 atom stereocenters. The average Bonchev–Trinajstić information content (AvgIpc) is 2.80. The lowest BCUT2D eigenvalue weighted by Crippen LogP contribution is -2.30. The molecule has 0 spiro atoms. The highest BCUT2D eigenvalue weighted by Crippen LogP contribution is 2.25. The molecule has 0 radical (unpaired) electrons. The van der Waals surface area contributed by atoms with Gasteiger partial charge in [-0.25, -0.2) is 13.1 Å². The summed E-state index contributed by atoms with van der Waals surface area (Å²) in [7, 11) is -3.34. The summed E-state index contributed by atoms with van der Waals surface area (Å²) in [4.78, 5) is 0.392. The number of hydrogen-bond donors (Lipinski definition) is 1. The van der Waals surface area contributed by atoms with Gasteiger partial charge in [-0.3, -0.25) is 0 Å². The summed E-state index contributed by atoms with van der Waals surface area (Å²) in [5.41, 5.74) is 0.791. The van der Waals surface area contributed by atoms with E-state index in [9.17, 15) is 8.42 Å². The Bertz CT molecular complexity index is 479. The lowest BCUT2D eigenvalue weighted by molar-refractivity contribution is 0.578. The topological polar surface area (TPSA) is 46.2 Å². The molecule has 2 rings (SSSR count). The maximum Gasteiger partial charge on any atom is 0.240 e. The SMILES string of the molecule is Cc1ccccc1S(=O)(=O)NCC1CCCS1. The maximum atomic E-state index is 12.1. The third-order valence-electron chi connectivity index (χ3n) is 2.91. The molecule has 1 aromatic carbocycles. The van der Waals surface area contributed by atoms with Gasteiger partial charge in [0, 0.05) is 11.8 Å². The van der Waals surface area contributed by atoms with E-state index in [2.05, 4.69) is 4.72 Å². The van der Waals surface area contributed by atoms with Gasteiger partial charge in [0.2, 0.25) is 10.0 Å². The number of rotatable bonds is 4. The molecular formula is C12H17NO2S2. The Labute approximate surface area is 107 Å². The monoisotopic (exact) mass is 271 g/mol. The predicted octanol–water partition coefficient (Wildman–Crippen LogP) is 2.17. The van der Waals surface area contributed by atoms with Crippen LogP contribution in [0.25, 0.3) is 0 Å². The summed E-state index contributed by atoms with van der Waals surface area (Å²) in [5.74, 6) is 1.15. The van der Waals surface area contributed by atoms with Crippen molar-refractivity contribution in [1.29, 1.82) is 0 Å². The minimum absolute atomic E-state index is 0.392. The summed E-state index contributed by atoms with van der Waals surface area (Å²) < 4.78 is 26.9. The van der Waals surface area contributed by atoms with Crippen LogP contribution in [0.3, 0.4) is 0 Å². The van der Waals surface area contributed by atoms with E-state index in [1.807, 2.05) is 30.8 Å². The zero-order chi connectivity index (χ0) is 12.3. The van der Waals surface area contributed by atoms with Crippen LogP contribution >= 0.6 is 11.8 Å². The van der Waals surface area contributed by atoms with E-state index >= 15 is 0 Å². The minimum Gasteiger partial charge on any atom is -0.210 e. The number of aryl methyl sites for hydroxylation is 1. The average molecular weight is 271 g/mol. The Hall–Kier alpha value is -0.520. The van der Waals surface area contributed by atoms with Crippen molar-refractivity contribution in [3.8, 4) is 0 Å². The van der Waals surface area contributed by atoms with Gasteiger partial charge < -0.3 is 0 Å². The summed E-state index contributed by atoms with van der Waals surface area (Å²) in [6.45, 7) is 2.36. The van der Waals surface area contributed by atoms with Crippen molar-refractivity contribution in [1.82, 2.24) is 4.72 Å². The Kier molecular flexibility index (Phi) is 4.12. The van der Waals surface area contributed by atoms with E-state index in [4.69, 9.17) is 0 Å². The minimum atomic E-state index is -3.34. The van der Waals surface area contributed by atoms with Gasteiger partial charge >= 0.3 is 0 Å². The molecule has 1 N–H and O–H groups in total. The molecule has 1 aliphatic rings. The third-order valence-corrected chi connectivity index (χ3v) is 5.89. The number of hydrogen-bond acceptors (Lipinski definition) is 3. The number of sulfonamides is 1. The lowest BCUT2D eigenvalue weighted by Gasteiger charge is -2.12. The van der Waals surface area contributed by atoms with Crippen LogP contribution in [0.5, 0.6) is 0 Å². The smallest absolute Gasteiger partial charge is 0.210 e. The van der Waals surface area contributed by atoms with Gasteiger partial charge in [0.1, 0.15) is 0 Å². The lowest BCUT2D eigenvalue weighted by atomic mass is 10.2. The van der Waals surface area contributed by atoms with Crippen molar-refractivity contribution < 1.29 is 8.42 Å². The van der Waals surface area contributed by atoms with Crippen molar-refractivity contribution in [3.63, 3.8) is 0 Å². The van der Waals surface area contributed by atoms with Gasteiger partial charge in [-0.15, -0.1) is 0 Å². The van der Waals surface area contributed by atoms with Crippen molar-refractivity contribution in [2.75, 3.05) is 12.3 Å². The molecule has 1 aromatic rings. The second-order valence-electron chi connectivity index (χ2n) is 4.25. The first-order chi connectivity index (χ1) is 8.09. The Morgan fingerprint density at radius 1 is 1.41 bits per heavy atom. The summed E-state index contributed by atoms with van der Waals surface area (Å²) >= 11 is 1.86. The molecule has 1 heterocycles. The van der Waals surface area contributed by atoms with Crippen molar-refractivity contribution in [2.45, 2.75) is 29.9 Å². The highest BCUT2D eigenvalue weighted by molar-refractivity contribution is 8.00. The van der Waals surface area contributed by atoms with E-state index in [1.54, 1.807) is 12.1 Å². The van der Waals surface area contributed by atoms with Gasteiger partial charge in [0.15, 0.2) is 0 Å². The van der Waals surface area contributed by atoms with Gasteiger partial charge in [-0.05, 0) is 37.1 Å². The first-order valence-corrected chi connectivity index (χ1v) is 8.30. The van der Waals surface area contributed by atoms with E-state index in [0.717, 1.165) is 17.7 Å². The molecule has 3 nitrogen and oxygen atoms in total. The first kappa shape index (κ1) is 12.9. The van der Waals surface area contributed by atoms with Gasteiger partial charge in [0.05, 0.1) is 4.90 Å². The zero-order valence-corrected chi connectivity index (χ0v) is 11.5. The number of thioether (sulfide) groups is 1. The van der Waals surface area contributed by atoms with Crippen molar-refractivity contribution in [3.05, 3.63) is 29.8 Å². The van der Waals surface area contributed by atoms with Gasteiger partial charge in [-0.2, -0.15) is 11.8 Å². The van der Waals surface area contributed by atoms with Crippen LogP contribution in [-0.4, -0.2) is 26.0 Å². The van der Waals surface area contributed by atoms with Crippen LogP contribution < -0.4 is 4.72 Å². The summed E-state index contributed by atoms with van der Waals surface area (Å²) in [6.07, 6.45) is 2.31. The van der Waals surface area contributed by atoms with E-state index in [1.165, 1.54) is 6.42 Å². The standard InChI is InChI=1S/C12H17NO2S2/c1-10-5-2-3-7-12(10)17(14,15)13-9-11-6-4-8-16-11/h2-3,5,7,11,13H,4,6,8-9H2,1H3. The Morgan fingerprint density at radius 2 is 2.18 bits per heavy atom. The maximum absolute atomic E-state index is 12.1.